The number of carboxylic acid groups (broad SMARTS) is 2. The fraction of sp³-hybridized carbons (Fsp3) is 0.579. The van der Waals surface area contributed by atoms with Crippen LogP contribution in [-0.4, -0.2) is 79.8 Å². The number of aromatic nitrogens is 2. The highest BCUT2D eigenvalue weighted by atomic mass is 32.1. The molecule has 0 radical (unpaired) electrons. The molecule has 0 aromatic carbocycles. The number of amides is 3. The van der Waals surface area contributed by atoms with Gasteiger partial charge in [-0.05, 0) is 12.3 Å². The molecule has 1 rings (SSSR count). The van der Waals surface area contributed by atoms with Gasteiger partial charge < -0.3 is 36.9 Å². The molecule has 13 nitrogen and oxygen atoms in total. The summed E-state index contributed by atoms with van der Waals surface area (Å²) in [7, 11) is 0. The van der Waals surface area contributed by atoms with Crippen molar-refractivity contribution in [2.75, 3.05) is 5.75 Å². The van der Waals surface area contributed by atoms with E-state index in [1.165, 1.54) is 12.5 Å². The Labute approximate surface area is 195 Å². The smallest absolute Gasteiger partial charge is 0.327 e. The highest BCUT2D eigenvalue weighted by molar-refractivity contribution is 7.80. The Morgan fingerprint density at radius 1 is 1.03 bits per heavy atom. The number of hydrogen-bond donors (Lipinski definition) is 8. The molecular formula is C19H30N6O7S. The number of hydrogen-bond acceptors (Lipinski definition) is 8. The van der Waals surface area contributed by atoms with Crippen LogP contribution in [0.15, 0.2) is 12.5 Å². The molecule has 3 amide bonds. The lowest BCUT2D eigenvalue weighted by atomic mass is 10.0. The van der Waals surface area contributed by atoms with Gasteiger partial charge in [0.2, 0.25) is 17.7 Å². The normalized spacial score (nSPS) is 14.6. The SMILES string of the molecule is CC(C)C(N)C(=O)NC(Cc1cnc[nH]1)C(=O)NC(CCC(=O)O)C(=O)NC(CS)C(=O)O. The fourth-order valence-electron chi connectivity index (χ4n) is 2.66. The van der Waals surface area contributed by atoms with Crippen LogP contribution in [0.2, 0.25) is 0 Å². The second kappa shape index (κ2) is 13.4. The zero-order chi connectivity index (χ0) is 25.1. The highest BCUT2D eigenvalue weighted by Gasteiger charge is 2.31. The van der Waals surface area contributed by atoms with Crippen LogP contribution in [0, 0.1) is 5.92 Å². The molecule has 8 N–H and O–H groups in total. The number of aromatic amines is 1. The van der Waals surface area contributed by atoms with Crippen LogP contribution in [0.1, 0.15) is 32.4 Å². The van der Waals surface area contributed by atoms with Crippen molar-refractivity contribution >= 4 is 42.3 Å². The minimum Gasteiger partial charge on any atom is -0.481 e. The number of nitrogens with one attached hydrogen (secondary N) is 4. The van der Waals surface area contributed by atoms with Crippen molar-refractivity contribution < 1.29 is 34.2 Å². The molecule has 4 unspecified atom stereocenters. The molecule has 0 spiro atoms. The average Bonchev–Trinajstić information content (AvgIpc) is 3.25. The number of carbonyl (C=O) groups excluding carboxylic acids is 3. The number of carboxylic acids is 2. The number of thiol groups is 1. The molecule has 1 heterocycles. The first-order valence-electron chi connectivity index (χ1n) is 10.2. The highest BCUT2D eigenvalue weighted by Crippen LogP contribution is 2.06. The van der Waals surface area contributed by atoms with Crippen molar-refractivity contribution in [1.82, 2.24) is 25.9 Å². The third-order valence-corrected chi connectivity index (χ3v) is 5.08. The van der Waals surface area contributed by atoms with Gasteiger partial charge in [0.05, 0.1) is 12.4 Å². The molecule has 184 valence electrons. The zero-order valence-corrected chi connectivity index (χ0v) is 19.2. The third-order valence-electron chi connectivity index (χ3n) is 4.71. The standard InChI is InChI=1S/C19H30N6O7S/c1-9(2)15(20)18(30)24-12(5-10-6-21-8-22-10)17(29)23-11(3-4-14(26)27)16(28)25-13(7-33)19(31)32/h6,8-9,11-13,15,33H,3-5,7,20H2,1-2H3,(H,21,22)(H,23,29)(H,24,30)(H,25,28)(H,26,27)(H,31,32). The van der Waals surface area contributed by atoms with E-state index in [0.29, 0.717) is 5.69 Å². The van der Waals surface area contributed by atoms with Gasteiger partial charge in [0.25, 0.3) is 0 Å². The van der Waals surface area contributed by atoms with Crippen molar-refractivity contribution in [3.63, 3.8) is 0 Å². The van der Waals surface area contributed by atoms with Crippen LogP contribution in [-0.2, 0) is 30.4 Å². The van der Waals surface area contributed by atoms with E-state index in [-0.39, 0.29) is 24.5 Å². The van der Waals surface area contributed by atoms with Gasteiger partial charge in [-0.25, -0.2) is 9.78 Å². The number of H-pyrrole nitrogens is 1. The molecule has 0 fully saturated rings. The minimum absolute atomic E-state index is 0.00987. The molecule has 0 saturated carbocycles. The molecule has 0 aliphatic rings. The summed E-state index contributed by atoms with van der Waals surface area (Å²) in [6, 6.07) is -4.76. The predicted molar refractivity (Wildman–Crippen MR) is 119 cm³/mol. The van der Waals surface area contributed by atoms with Crippen LogP contribution in [0.25, 0.3) is 0 Å². The lowest BCUT2D eigenvalue weighted by Gasteiger charge is -2.25. The Kier molecular flexibility index (Phi) is 11.4. The quantitative estimate of drug-likeness (QED) is 0.140. The van der Waals surface area contributed by atoms with Gasteiger partial charge in [-0.3, -0.25) is 19.2 Å². The van der Waals surface area contributed by atoms with Gasteiger partial charge in [-0.15, -0.1) is 0 Å². The van der Waals surface area contributed by atoms with Gasteiger partial charge in [0.1, 0.15) is 18.1 Å². The van der Waals surface area contributed by atoms with Crippen LogP contribution in [0.5, 0.6) is 0 Å². The van der Waals surface area contributed by atoms with Gasteiger partial charge in [0.15, 0.2) is 0 Å². The maximum absolute atomic E-state index is 13.0. The van der Waals surface area contributed by atoms with E-state index >= 15 is 0 Å². The Hall–Kier alpha value is -3.13. The number of rotatable bonds is 14. The second-order valence-electron chi connectivity index (χ2n) is 7.69. The van der Waals surface area contributed by atoms with E-state index in [9.17, 15) is 24.0 Å². The first-order valence-corrected chi connectivity index (χ1v) is 10.8. The molecule has 1 aromatic rings. The van der Waals surface area contributed by atoms with Crippen molar-refractivity contribution in [1.29, 1.82) is 0 Å². The molecule has 0 aliphatic carbocycles. The lowest BCUT2D eigenvalue weighted by molar-refractivity contribution is -0.142. The van der Waals surface area contributed by atoms with Gasteiger partial charge >= 0.3 is 11.9 Å². The number of imidazole rings is 1. The predicted octanol–water partition coefficient (Wildman–Crippen LogP) is -1.73. The van der Waals surface area contributed by atoms with Crippen molar-refractivity contribution in [2.45, 2.75) is 57.3 Å². The Morgan fingerprint density at radius 3 is 2.09 bits per heavy atom. The second-order valence-corrected chi connectivity index (χ2v) is 8.05. The topological polar surface area (TPSA) is 217 Å². The maximum atomic E-state index is 13.0. The molecule has 4 atom stereocenters. The van der Waals surface area contributed by atoms with E-state index in [4.69, 9.17) is 15.9 Å². The number of carbonyl (C=O) groups is 5. The van der Waals surface area contributed by atoms with E-state index < -0.39 is 60.2 Å². The summed E-state index contributed by atoms with van der Waals surface area (Å²) in [6.45, 7) is 3.47. The number of nitrogens with two attached hydrogens (primary N) is 1. The molecule has 33 heavy (non-hydrogen) atoms. The van der Waals surface area contributed by atoms with Crippen LogP contribution in [0.3, 0.4) is 0 Å². The molecular weight excluding hydrogens is 456 g/mol. The summed E-state index contributed by atoms with van der Waals surface area (Å²) in [6.07, 6.45) is 2.06. The molecule has 1 aromatic heterocycles. The summed E-state index contributed by atoms with van der Waals surface area (Å²) in [5.41, 5.74) is 6.37. The average molecular weight is 487 g/mol. The molecule has 0 aliphatic heterocycles. The van der Waals surface area contributed by atoms with Crippen molar-refractivity contribution in [3.05, 3.63) is 18.2 Å². The van der Waals surface area contributed by atoms with Crippen molar-refractivity contribution in [2.24, 2.45) is 11.7 Å². The van der Waals surface area contributed by atoms with E-state index in [2.05, 4.69) is 38.5 Å². The van der Waals surface area contributed by atoms with E-state index in [1.807, 2.05) is 0 Å². The zero-order valence-electron chi connectivity index (χ0n) is 18.3. The van der Waals surface area contributed by atoms with Crippen LogP contribution >= 0.6 is 12.6 Å². The molecule has 14 heteroatoms. The molecule has 0 bridgehead atoms. The van der Waals surface area contributed by atoms with Crippen molar-refractivity contribution in [3.8, 4) is 0 Å². The lowest BCUT2D eigenvalue weighted by Crippen LogP contribution is -2.58. The fourth-order valence-corrected chi connectivity index (χ4v) is 2.91. The number of nitrogens with zero attached hydrogens (tertiary/aromatic N) is 1. The first-order chi connectivity index (χ1) is 15.5. The Balaban J connectivity index is 3.05. The minimum atomic E-state index is -1.37. The van der Waals surface area contributed by atoms with Crippen LogP contribution in [0.4, 0.5) is 0 Å². The van der Waals surface area contributed by atoms with E-state index in [1.54, 1.807) is 13.8 Å². The van der Waals surface area contributed by atoms with E-state index in [0.717, 1.165) is 0 Å². The largest absolute Gasteiger partial charge is 0.481 e. The summed E-state index contributed by atoms with van der Waals surface area (Å²) >= 11 is 3.86. The summed E-state index contributed by atoms with van der Waals surface area (Å²) in [4.78, 5) is 66.9. The number of aliphatic carboxylic acids is 2. The van der Waals surface area contributed by atoms with Gasteiger partial charge in [-0.1, -0.05) is 13.8 Å². The van der Waals surface area contributed by atoms with Crippen LogP contribution < -0.4 is 21.7 Å². The van der Waals surface area contributed by atoms with Gasteiger partial charge in [0, 0.05) is 30.5 Å². The summed E-state index contributed by atoms with van der Waals surface area (Å²) in [5.74, 6) is -5.23. The summed E-state index contributed by atoms with van der Waals surface area (Å²) in [5, 5.41) is 25.2. The third kappa shape index (κ3) is 9.49. The molecule has 0 saturated heterocycles. The first kappa shape index (κ1) is 27.9. The monoisotopic (exact) mass is 486 g/mol. The Bertz CT molecular complexity index is 833. The Morgan fingerprint density at radius 2 is 1.61 bits per heavy atom. The maximum Gasteiger partial charge on any atom is 0.327 e. The summed E-state index contributed by atoms with van der Waals surface area (Å²) < 4.78 is 0. The van der Waals surface area contributed by atoms with Gasteiger partial charge in [-0.2, -0.15) is 12.6 Å².